The highest BCUT2D eigenvalue weighted by Crippen LogP contribution is 2.27. The lowest BCUT2D eigenvalue weighted by Crippen LogP contribution is -1.91. The predicted molar refractivity (Wildman–Crippen MR) is 65.4 cm³/mol. The standard InChI is InChI=1S/C12H8ClN3O/c13-12-15-10-9(6-7-14-10)11(16-12)17-8-4-2-1-3-5-8/h1-7H,(H,14,15,16). The normalized spacial score (nSPS) is 10.6. The maximum atomic E-state index is 5.82. The summed E-state index contributed by atoms with van der Waals surface area (Å²) >= 11 is 5.82. The Kier molecular flexibility index (Phi) is 2.42. The minimum Gasteiger partial charge on any atom is -0.438 e. The van der Waals surface area contributed by atoms with Crippen molar-refractivity contribution < 1.29 is 4.74 Å². The first-order valence-electron chi connectivity index (χ1n) is 5.06. The van der Waals surface area contributed by atoms with Gasteiger partial charge in [0.25, 0.3) is 0 Å². The van der Waals surface area contributed by atoms with E-state index in [2.05, 4.69) is 15.0 Å². The van der Waals surface area contributed by atoms with E-state index in [1.54, 1.807) is 6.20 Å². The SMILES string of the molecule is Clc1nc(Oc2ccccc2)c2cc[nH]c2n1. The molecule has 1 N–H and O–H groups in total. The highest BCUT2D eigenvalue weighted by molar-refractivity contribution is 6.28. The number of H-pyrrole nitrogens is 1. The fourth-order valence-electron chi connectivity index (χ4n) is 1.56. The van der Waals surface area contributed by atoms with Gasteiger partial charge in [-0.3, -0.25) is 0 Å². The van der Waals surface area contributed by atoms with Crippen LogP contribution in [0.15, 0.2) is 42.6 Å². The summed E-state index contributed by atoms with van der Waals surface area (Å²) in [7, 11) is 0. The first kappa shape index (κ1) is 10.1. The second-order valence-electron chi connectivity index (χ2n) is 3.45. The largest absolute Gasteiger partial charge is 0.438 e. The molecular weight excluding hydrogens is 238 g/mol. The molecule has 2 heterocycles. The van der Waals surface area contributed by atoms with Gasteiger partial charge in [-0.2, -0.15) is 9.97 Å². The lowest BCUT2D eigenvalue weighted by molar-refractivity contribution is 0.468. The lowest BCUT2D eigenvalue weighted by Gasteiger charge is -2.05. The maximum Gasteiger partial charge on any atom is 0.233 e. The molecule has 84 valence electrons. The summed E-state index contributed by atoms with van der Waals surface area (Å²) in [6, 6.07) is 11.3. The number of rotatable bonds is 2. The van der Waals surface area contributed by atoms with E-state index in [1.807, 2.05) is 36.4 Å². The monoisotopic (exact) mass is 245 g/mol. The zero-order valence-electron chi connectivity index (χ0n) is 8.72. The van der Waals surface area contributed by atoms with Crippen LogP contribution >= 0.6 is 11.6 Å². The van der Waals surface area contributed by atoms with Crippen molar-refractivity contribution in [1.29, 1.82) is 0 Å². The van der Waals surface area contributed by atoms with Crippen molar-refractivity contribution >= 4 is 22.6 Å². The summed E-state index contributed by atoms with van der Waals surface area (Å²) in [5.41, 5.74) is 0.663. The smallest absolute Gasteiger partial charge is 0.233 e. The molecule has 4 nitrogen and oxygen atoms in total. The number of para-hydroxylation sites is 1. The number of aromatic amines is 1. The summed E-state index contributed by atoms with van der Waals surface area (Å²) in [6.07, 6.45) is 1.77. The molecule has 3 rings (SSSR count). The van der Waals surface area contributed by atoms with E-state index >= 15 is 0 Å². The van der Waals surface area contributed by atoms with Gasteiger partial charge in [-0.15, -0.1) is 0 Å². The molecule has 17 heavy (non-hydrogen) atoms. The Bertz CT molecular complexity index is 651. The Labute approximate surface area is 102 Å². The summed E-state index contributed by atoms with van der Waals surface area (Å²) in [5.74, 6) is 1.16. The van der Waals surface area contributed by atoms with Crippen LogP contribution in [0.2, 0.25) is 5.28 Å². The van der Waals surface area contributed by atoms with Crippen molar-refractivity contribution in [1.82, 2.24) is 15.0 Å². The Morgan fingerprint density at radius 3 is 2.71 bits per heavy atom. The zero-order valence-corrected chi connectivity index (χ0v) is 9.48. The van der Waals surface area contributed by atoms with Crippen molar-refractivity contribution in [2.75, 3.05) is 0 Å². The number of ether oxygens (including phenoxy) is 1. The van der Waals surface area contributed by atoms with Crippen LogP contribution in [-0.4, -0.2) is 15.0 Å². The van der Waals surface area contributed by atoms with Gasteiger partial charge in [-0.05, 0) is 29.8 Å². The fourth-order valence-corrected chi connectivity index (χ4v) is 1.73. The molecule has 0 amide bonds. The molecule has 0 spiro atoms. The van der Waals surface area contributed by atoms with Crippen LogP contribution in [0.5, 0.6) is 11.6 Å². The Morgan fingerprint density at radius 1 is 1.06 bits per heavy atom. The molecule has 2 aromatic heterocycles. The van der Waals surface area contributed by atoms with Gasteiger partial charge in [0, 0.05) is 6.20 Å². The number of aromatic nitrogens is 3. The molecule has 0 fully saturated rings. The minimum atomic E-state index is 0.158. The Balaban J connectivity index is 2.08. The van der Waals surface area contributed by atoms with E-state index in [1.165, 1.54) is 0 Å². The average Bonchev–Trinajstić information content (AvgIpc) is 2.78. The third kappa shape index (κ3) is 1.94. The quantitative estimate of drug-likeness (QED) is 0.704. The number of fused-ring (bicyclic) bond motifs is 1. The van der Waals surface area contributed by atoms with Crippen molar-refractivity contribution in [2.45, 2.75) is 0 Å². The number of nitrogens with one attached hydrogen (secondary N) is 1. The zero-order chi connectivity index (χ0) is 11.7. The van der Waals surface area contributed by atoms with E-state index in [-0.39, 0.29) is 5.28 Å². The van der Waals surface area contributed by atoms with Crippen molar-refractivity contribution in [2.24, 2.45) is 0 Å². The minimum absolute atomic E-state index is 0.158. The molecule has 0 unspecified atom stereocenters. The van der Waals surface area contributed by atoms with Crippen LogP contribution in [0.3, 0.4) is 0 Å². The topological polar surface area (TPSA) is 50.8 Å². The molecule has 0 bridgehead atoms. The van der Waals surface area contributed by atoms with Crippen molar-refractivity contribution in [3.63, 3.8) is 0 Å². The molecule has 5 heteroatoms. The van der Waals surface area contributed by atoms with E-state index in [0.29, 0.717) is 17.3 Å². The number of halogens is 1. The van der Waals surface area contributed by atoms with E-state index in [9.17, 15) is 0 Å². The van der Waals surface area contributed by atoms with Crippen LogP contribution in [-0.2, 0) is 0 Å². The highest BCUT2D eigenvalue weighted by atomic mass is 35.5. The van der Waals surface area contributed by atoms with Crippen molar-refractivity contribution in [3.05, 3.63) is 47.9 Å². The van der Waals surface area contributed by atoms with Crippen LogP contribution < -0.4 is 4.74 Å². The predicted octanol–water partition coefficient (Wildman–Crippen LogP) is 3.40. The molecule has 0 saturated carbocycles. The Hall–Kier alpha value is -2.07. The second kappa shape index (κ2) is 4.07. The molecule has 3 aromatic rings. The molecule has 0 aliphatic heterocycles. The first-order valence-corrected chi connectivity index (χ1v) is 5.44. The lowest BCUT2D eigenvalue weighted by atomic mass is 10.3. The summed E-state index contributed by atoms with van der Waals surface area (Å²) in [5, 5.41) is 0.962. The first-order chi connectivity index (χ1) is 8.33. The third-order valence-electron chi connectivity index (χ3n) is 2.31. The van der Waals surface area contributed by atoms with Gasteiger partial charge in [0.15, 0.2) is 0 Å². The average molecular weight is 246 g/mol. The number of benzene rings is 1. The van der Waals surface area contributed by atoms with Gasteiger partial charge < -0.3 is 9.72 Å². The summed E-state index contributed by atoms with van der Waals surface area (Å²) < 4.78 is 5.68. The number of nitrogens with zero attached hydrogens (tertiary/aromatic N) is 2. The van der Waals surface area contributed by atoms with Crippen LogP contribution in [0.25, 0.3) is 11.0 Å². The van der Waals surface area contributed by atoms with Crippen LogP contribution in [0.4, 0.5) is 0 Å². The van der Waals surface area contributed by atoms with Gasteiger partial charge in [-0.25, -0.2) is 0 Å². The van der Waals surface area contributed by atoms with Crippen molar-refractivity contribution in [3.8, 4) is 11.6 Å². The van der Waals surface area contributed by atoms with Gasteiger partial charge in [0.05, 0.1) is 5.39 Å². The van der Waals surface area contributed by atoms with Gasteiger partial charge >= 0.3 is 0 Å². The molecule has 0 radical (unpaired) electrons. The molecular formula is C12H8ClN3O. The Morgan fingerprint density at radius 2 is 1.88 bits per heavy atom. The van der Waals surface area contributed by atoms with Crippen LogP contribution in [0.1, 0.15) is 0 Å². The fraction of sp³-hybridized carbons (Fsp3) is 0. The molecule has 0 saturated heterocycles. The third-order valence-corrected chi connectivity index (χ3v) is 2.48. The highest BCUT2D eigenvalue weighted by Gasteiger charge is 2.09. The summed E-state index contributed by atoms with van der Waals surface area (Å²) in [6.45, 7) is 0. The second-order valence-corrected chi connectivity index (χ2v) is 3.79. The number of hydrogen-bond donors (Lipinski definition) is 1. The van der Waals surface area contributed by atoms with E-state index in [4.69, 9.17) is 16.3 Å². The molecule has 0 aliphatic carbocycles. The van der Waals surface area contributed by atoms with Gasteiger partial charge in [0.2, 0.25) is 11.2 Å². The molecule has 0 atom stereocenters. The van der Waals surface area contributed by atoms with Crippen LogP contribution in [0, 0.1) is 0 Å². The van der Waals surface area contributed by atoms with Gasteiger partial charge in [0.1, 0.15) is 11.4 Å². The van der Waals surface area contributed by atoms with Gasteiger partial charge in [-0.1, -0.05) is 18.2 Å². The number of hydrogen-bond acceptors (Lipinski definition) is 3. The van der Waals surface area contributed by atoms with E-state index < -0.39 is 0 Å². The van der Waals surface area contributed by atoms with E-state index in [0.717, 1.165) is 5.39 Å². The summed E-state index contributed by atoms with van der Waals surface area (Å²) in [4.78, 5) is 11.1. The molecule has 1 aromatic carbocycles. The molecule has 0 aliphatic rings. The maximum absolute atomic E-state index is 5.82.